The van der Waals surface area contributed by atoms with Gasteiger partial charge in [-0.2, -0.15) is 8.78 Å². The Morgan fingerprint density at radius 3 is 2.73 bits per heavy atom. The molecule has 1 N–H and O–H groups in total. The zero-order valence-corrected chi connectivity index (χ0v) is 11.4. The van der Waals surface area contributed by atoms with Gasteiger partial charge in [0.15, 0.2) is 5.65 Å². The topological polar surface area (TPSA) is 77.2 Å². The highest BCUT2D eigenvalue weighted by atomic mass is 19.3. The normalized spacial score (nSPS) is 11.0. The summed E-state index contributed by atoms with van der Waals surface area (Å²) in [5.74, 6) is 0.801. The second kappa shape index (κ2) is 6.29. The fourth-order valence-corrected chi connectivity index (χ4v) is 1.92. The zero-order valence-electron chi connectivity index (χ0n) is 11.4. The van der Waals surface area contributed by atoms with Crippen LogP contribution in [0, 0.1) is 0 Å². The average Bonchev–Trinajstić information content (AvgIpc) is 2.96. The molecule has 1 aromatic carbocycles. The quantitative estimate of drug-likeness (QED) is 0.748. The number of nitrogens with zero attached hydrogens (tertiary/aromatic N) is 5. The number of aromatic nitrogens is 5. The van der Waals surface area contributed by atoms with Gasteiger partial charge in [0.05, 0.1) is 0 Å². The van der Waals surface area contributed by atoms with Gasteiger partial charge >= 0.3 is 6.61 Å². The summed E-state index contributed by atoms with van der Waals surface area (Å²) in [5, 5.41) is 18.3. The van der Waals surface area contributed by atoms with E-state index in [2.05, 4.69) is 30.7 Å². The van der Waals surface area contributed by atoms with E-state index in [0.29, 0.717) is 24.4 Å². The first-order valence-corrected chi connectivity index (χ1v) is 6.54. The lowest BCUT2D eigenvalue weighted by molar-refractivity contribution is -0.0498. The summed E-state index contributed by atoms with van der Waals surface area (Å²) in [6.07, 6.45) is 0.713. The fraction of sp³-hybridized carbons (Fsp3) is 0.231. The van der Waals surface area contributed by atoms with Crippen LogP contribution in [0.5, 0.6) is 5.75 Å². The van der Waals surface area contributed by atoms with E-state index >= 15 is 0 Å². The van der Waals surface area contributed by atoms with Gasteiger partial charge in [-0.1, -0.05) is 12.1 Å². The Balaban J connectivity index is 1.53. The first-order valence-electron chi connectivity index (χ1n) is 6.54. The summed E-state index contributed by atoms with van der Waals surface area (Å²) in [4.78, 5) is 0. The van der Waals surface area contributed by atoms with Crippen molar-refractivity contribution >= 4 is 11.5 Å². The molecule has 0 aliphatic heterocycles. The predicted octanol–water partition coefficient (Wildman–Crippen LogP) is 1.78. The molecule has 0 saturated heterocycles. The van der Waals surface area contributed by atoms with Crippen molar-refractivity contribution < 1.29 is 13.5 Å². The van der Waals surface area contributed by atoms with Crippen LogP contribution in [0.3, 0.4) is 0 Å². The number of ether oxygens (including phenoxy) is 1. The smallest absolute Gasteiger partial charge is 0.387 e. The van der Waals surface area contributed by atoms with Crippen LogP contribution < -0.4 is 10.1 Å². The molecule has 0 amide bonds. The molecule has 114 valence electrons. The Kier molecular flexibility index (Phi) is 4.03. The van der Waals surface area contributed by atoms with Gasteiger partial charge in [-0.05, 0) is 46.7 Å². The number of fused-ring (bicyclic) bond motifs is 1. The highest BCUT2D eigenvalue weighted by molar-refractivity contribution is 5.42. The van der Waals surface area contributed by atoms with Gasteiger partial charge in [-0.3, -0.25) is 0 Å². The van der Waals surface area contributed by atoms with E-state index in [4.69, 9.17) is 0 Å². The highest BCUT2D eigenvalue weighted by Gasteiger charge is 2.04. The van der Waals surface area contributed by atoms with Crippen LogP contribution in [0.25, 0.3) is 5.65 Å². The minimum atomic E-state index is -2.81. The van der Waals surface area contributed by atoms with Crippen molar-refractivity contribution in [3.05, 3.63) is 42.0 Å². The number of rotatable bonds is 6. The number of hydrogen-bond acceptors (Lipinski definition) is 6. The Hall–Kier alpha value is -2.84. The van der Waals surface area contributed by atoms with Crippen molar-refractivity contribution in [3.8, 4) is 5.75 Å². The van der Waals surface area contributed by atoms with E-state index in [1.54, 1.807) is 24.3 Å². The molecule has 0 unspecified atom stereocenters. The molecule has 0 radical (unpaired) electrons. The van der Waals surface area contributed by atoms with Gasteiger partial charge in [0, 0.05) is 6.54 Å². The number of tetrazole rings is 1. The molecule has 2 heterocycles. The fourth-order valence-electron chi connectivity index (χ4n) is 1.92. The number of alkyl halides is 2. The standard InChI is InChI=1S/C13H12F2N6O/c14-13(15)22-10-3-1-9(2-4-10)7-8-16-11-5-6-12-17-19-20-21(12)18-11/h1-6,13H,7-8H2,(H,16,18). The maximum Gasteiger partial charge on any atom is 0.387 e. The molecule has 0 aliphatic rings. The van der Waals surface area contributed by atoms with Crippen molar-refractivity contribution in [3.63, 3.8) is 0 Å². The number of anilines is 1. The van der Waals surface area contributed by atoms with E-state index in [9.17, 15) is 8.78 Å². The summed E-state index contributed by atoms with van der Waals surface area (Å²) in [6, 6.07) is 10.1. The number of hydrogen-bond donors (Lipinski definition) is 1. The van der Waals surface area contributed by atoms with Crippen molar-refractivity contribution in [2.24, 2.45) is 0 Å². The molecular formula is C13H12F2N6O. The molecule has 0 spiro atoms. The molecule has 0 atom stereocenters. The van der Waals surface area contributed by atoms with E-state index in [0.717, 1.165) is 5.56 Å². The monoisotopic (exact) mass is 306 g/mol. The largest absolute Gasteiger partial charge is 0.435 e. The SMILES string of the molecule is FC(F)Oc1ccc(CCNc2ccc3nnnn3n2)cc1. The van der Waals surface area contributed by atoms with Crippen LogP contribution in [0.4, 0.5) is 14.6 Å². The summed E-state index contributed by atoms with van der Waals surface area (Å²) in [5.41, 5.74) is 1.57. The minimum Gasteiger partial charge on any atom is -0.435 e. The van der Waals surface area contributed by atoms with Gasteiger partial charge in [0.1, 0.15) is 11.6 Å². The van der Waals surface area contributed by atoms with Crippen molar-refractivity contribution in [1.29, 1.82) is 0 Å². The molecular weight excluding hydrogens is 294 g/mol. The molecule has 3 aromatic rings. The van der Waals surface area contributed by atoms with Crippen LogP contribution in [-0.2, 0) is 6.42 Å². The predicted molar refractivity (Wildman–Crippen MR) is 73.8 cm³/mol. The number of nitrogens with one attached hydrogen (secondary N) is 1. The van der Waals surface area contributed by atoms with Crippen LogP contribution in [0.1, 0.15) is 5.56 Å². The molecule has 3 rings (SSSR count). The molecule has 7 nitrogen and oxygen atoms in total. The maximum atomic E-state index is 12.0. The molecule has 2 aromatic heterocycles. The number of halogens is 2. The van der Waals surface area contributed by atoms with Gasteiger partial charge in [-0.25, -0.2) is 0 Å². The third-order valence-corrected chi connectivity index (χ3v) is 2.94. The van der Waals surface area contributed by atoms with Crippen LogP contribution in [0.15, 0.2) is 36.4 Å². The molecule has 0 aliphatic carbocycles. The summed E-state index contributed by atoms with van der Waals surface area (Å²) < 4.78 is 29.7. The lowest BCUT2D eigenvalue weighted by Crippen LogP contribution is -2.08. The lowest BCUT2D eigenvalue weighted by Gasteiger charge is -2.07. The Morgan fingerprint density at radius 2 is 1.95 bits per heavy atom. The molecule has 0 fully saturated rings. The Morgan fingerprint density at radius 1 is 1.14 bits per heavy atom. The summed E-state index contributed by atoms with van der Waals surface area (Å²) in [6.45, 7) is -2.17. The van der Waals surface area contributed by atoms with E-state index in [-0.39, 0.29) is 5.75 Å². The highest BCUT2D eigenvalue weighted by Crippen LogP contribution is 2.15. The van der Waals surface area contributed by atoms with Crippen molar-refractivity contribution in [2.75, 3.05) is 11.9 Å². The second-order valence-corrected chi connectivity index (χ2v) is 4.44. The Labute approximate surface area is 123 Å². The van der Waals surface area contributed by atoms with Gasteiger partial charge in [0.2, 0.25) is 0 Å². The molecule has 0 saturated carbocycles. The zero-order chi connectivity index (χ0) is 15.4. The van der Waals surface area contributed by atoms with Crippen LogP contribution in [0.2, 0.25) is 0 Å². The van der Waals surface area contributed by atoms with E-state index in [1.807, 2.05) is 0 Å². The summed E-state index contributed by atoms with van der Waals surface area (Å²) >= 11 is 0. The number of benzene rings is 1. The first kappa shape index (κ1) is 14.1. The Bertz CT molecular complexity index is 746. The van der Waals surface area contributed by atoms with Crippen molar-refractivity contribution in [2.45, 2.75) is 13.0 Å². The maximum absolute atomic E-state index is 12.0. The lowest BCUT2D eigenvalue weighted by atomic mass is 10.1. The third kappa shape index (κ3) is 3.43. The van der Waals surface area contributed by atoms with Gasteiger partial charge < -0.3 is 10.1 Å². The third-order valence-electron chi connectivity index (χ3n) is 2.94. The van der Waals surface area contributed by atoms with Gasteiger partial charge in [0.25, 0.3) is 0 Å². The molecule has 9 heteroatoms. The second-order valence-electron chi connectivity index (χ2n) is 4.44. The summed E-state index contributed by atoms with van der Waals surface area (Å²) in [7, 11) is 0. The van der Waals surface area contributed by atoms with E-state index < -0.39 is 6.61 Å². The average molecular weight is 306 g/mol. The van der Waals surface area contributed by atoms with Crippen LogP contribution >= 0.6 is 0 Å². The van der Waals surface area contributed by atoms with Crippen molar-refractivity contribution in [1.82, 2.24) is 25.3 Å². The van der Waals surface area contributed by atoms with Crippen LogP contribution in [-0.4, -0.2) is 38.4 Å². The van der Waals surface area contributed by atoms with E-state index in [1.165, 1.54) is 16.8 Å². The minimum absolute atomic E-state index is 0.150. The molecule has 22 heavy (non-hydrogen) atoms. The first-order chi connectivity index (χ1) is 10.7. The molecule has 0 bridgehead atoms. The van der Waals surface area contributed by atoms with Gasteiger partial charge in [-0.15, -0.1) is 14.8 Å².